The second kappa shape index (κ2) is 10.5. The van der Waals surface area contributed by atoms with Crippen LogP contribution in [0.1, 0.15) is 31.2 Å². The molecule has 0 spiro atoms. The molecule has 130 valence electrons. The van der Waals surface area contributed by atoms with Gasteiger partial charge in [0.25, 0.3) is 0 Å². The minimum atomic E-state index is 0. The highest BCUT2D eigenvalue weighted by Gasteiger charge is 2.22. The smallest absolute Gasteiger partial charge is 0.221 e. The molecule has 1 aliphatic rings. The third kappa shape index (κ3) is 6.59. The first-order chi connectivity index (χ1) is 10.6. The van der Waals surface area contributed by atoms with E-state index in [1.807, 2.05) is 6.07 Å². The molecule has 1 fully saturated rings. The average Bonchev–Trinajstić information content (AvgIpc) is 2.50. The molecule has 1 unspecified atom stereocenters. The number of amides is 1. The molecule has 0 saturated carbocycles. The molecule has 7 heteroatoms. The number of nitrogens with zero attached hydrogens (tertiary/aromatic N) is 1. The van der Waals surface area contributed by atoms with Crippen LogP contribution in [0.3, 0.4) is 0 Å². The molecule has 1 atom stereocenters. The van der Waals surface area contributed by atoms with Crippen LogP contribution in [0.15, 0.2) is 22.7 Å². The van der Waals surface area contributed by atoms with Crippen molar-refractivity contribution in [2.24, 2.45) is 5.73 Å². The van der Waals surface area contributed by atoms with Gasteiger partial charge in [0.05, 0.1) is 5.02 Å². The molecule has 0 aliphatic carbocycles. The minimum Gasteiger partial charge on any atom is -0.354 e. The lowest BCUT2D eigenvalue weighted by atomic mass is 10.0. The molecule has 1 aliphatic heterocycles. The molecule has 3 N–H and O–H groups in total. The Morgan fingerprint density at radius 3 is 2.91 bits per heavy atom. The van der Waals surface area contributed by atoms with Crippen molar-refractivity contribution in [1.82, 2.24) is 10.2 Å². The van der Waals surface area contributed by atoms with Gasteiger partial charge in [0, 0.05) is 36.6 Å². The largest absolute Gasteiger partial charge is 0.354 e. The summed E-state index contributed by atoms with van der Waals surface area (Å²) in [6, 6.07) is 6.44. The maximum absolute atomic E-state index is 11.6. The minimum absolute atomic E-state index is 0. The van der Waals surface area contributed by atoms with Crippen LogP contribution in [-0.2, 0) is 11.3 Å². The first-order valence-corrected chi connectivity index (χ1v) is 8.92. The molecule has 23 heavy (non-hydrogen) atoms. The summed E-state index contributed by atoms with van der Waals surface area (Å²) in [4.78, 5) is 14.0. The molecule has 1 amide bonds. The fourth-order valence-electron chi connectivity index (χ4n) is 2.82. The Hall–Kier alpha value is -0.330. The van der Waals surface area contributed by atoms with Gasteiger partial charge in [-0.15, -0.1) is 12.4 Å². The highest BCUT2D eigenvalue weighted by atomic mass is 79.9. The van der Waals surface area contributed by atoms with Crippen molar-refractivity contribution in [1.29, 1.82) is 0 Å². The molecular weight excluding hydrogens is 401 g/mol. The lowest BCUT2D eigenvalue weighted by molar-refractivity contribution is -0.121. The zero-order valence-corrected chi connectivity index (χ0v) is 16.2. The van der Waals surface area contributed by atoms with Crippen LogP contribution in [0.4, 0.5) is 0 Å². The van der Waals surface area contributed by atoms with Gasteiger partial charge < -0.3 is 11.1 Å². The van der Waals surface area contributed by atoms with Crippen molar-refractivity contribution >= 4 is 45.8 Å². The number of hydrogen-bond acceptors (Lipinski definition) is 3. The molecule has 4 nitrogen and oxygen atoms in total. The van der Waals surface area contributed by atoms with Crippen molar-refractivity contribution in [2.75, 3.05) is 19.6 Å². The summed E-state index contributed by atoms with van der Waals surface area (Å²) in [5.41, 5.74) is 6.64. The quantitative estimate of drug-likeness (QED) is 0.736. The topological polar surface area (TPSA) is 58.4 Å². The number of carbonyl (C=O) groups is 1. The number of rotatable bonds is 6. The zero-order valence-electron chi connectivity index (χ0n) is 13.1. The maximum Gasteiger partial charge on any atom is 0.221 e. The number of likely N-dealkylation sites (tertiary alicyclic amines) is 1. The van der Waals surface area contributed by atoms with E-state index in [2.05, 4.69) is 38.3 Å². The van der Waals surface area contributed by atoms with Crippen molar-refractivity contribution in [2.45, 2.75) is 38.3 Å². The predicted molar refractivity (Wildman–Crippen MR) is 101 cm³/mol. The number of nitrogens with one attached hydrogen (secondary N) is 1. The molecule has 1 aromatic carbocycles. The summed E-state index contributed by atoms with van der Waals surface area (Å²) in [5, 5.41) is 3.73. The van der Waals surface area contributed by atoms with Crippen molar-refractivity contribution in [3.63, 3.8) is 0 Å². The van der Waals surface area contributed by atoms with Crippen LogP contribution in [0.5, 0.6) is 0 Å². The Morgan fingerprint density at radius 1 is 1.43 bits per heavy atom. The van der Waals surface area contributed by atoms with Crippen LogP contribution in [0.2, 0.25) is 5.02 Å². The van der Waals surface area contributed by atoms with Gasteiger partial charge in [-0.25, -0.2) is 0 Å². The Labute approximate surface area is 157 Å². The van der Waals surface area contributed by atoms with Crippen LogP contribution in [-0.4, -0.2) is 36.5 Å². The Morgan fingerprint density at radius 2 is 2.22 bits per heavy atom. The second-order valence-corrected chi connectivity index (χ2v) is 6.97. The summed E-state index contributed by atoms with van der Waals surface area (Å²) < 4.78 is 0.927. The molecule has 0 aromatic heterocycles. The maximum atomic E-state index is 11.6. The van der Waals surface area contributed by atoms with E-state index in [4.69, 9.17) is 17.3 Å². The summed E-state index contributed by atoms with van der Waals surface area (Å²) in [7, 11) is 0. The fourth-order valence-corrected chi connectivity index (χ4v) is 3.37. The third-order valence-corrected chi connectivity index (χ3v) is 5.24. The van der Waals surface area contributed by atoms with Crippen LogP contribution >= 0.6 is 39.9 Å². The monoisotopic (exact) mass is 423 g/mol. The summed E-state index contributed by atoms with van der Waals surface area (Å²) >= 11 is 9.52. The zero-order chi connectivity index (χ0) is 15.9. The molecular formula is C16H24BrCl2N3O. The lowest BCUT2D eigenvalue weighted by Gasteiger charge is -2.36. The summed E-state index contributed by atoms with van der Waals surface area (Å²) in [5.74, 6) is 0.0438. The van der Waals surface area contributed by atoms with Gasteiger partial charge in [0.1, 0.15) is 0 Å². The number of piperidine rings is 1. The lowest BCUT2D eigenvalue weighted by Crippen LogP contribution is -2.46. The van der Waals surface area contributed by atoms with E-state index in [-0.39, 0.29) is 18.3 Å². The van der Waals surface area contributed by atoms with Crippen molar-refractivity contribution in [3.05, 3.63) is 33.3 Å². The van der Waals surface area contributed by atoms with Gasteiger partial charge in [-0.2, -0.15) is 0 Å². The normalized spacial score (nSPS) is 18.3. The van der Waals surface area contributed by atoms with E-state index < -0.39 is 0 Å². The molecule has 1 heterocycles. The standard InChI is InChI=1S/C16H23BrClN3O.ClH/c17-14-9-12(4-5-15(14)18)11-21-8-2-1-3-13(21)10-20-16(22)6-7-19;/h4-5,9,13H,1-3,6-8,10-11,19H2,(H,20,22);1H. The number of halogens is 3. The Balaban J connectivity index is 0.00000264. The number of benzene rings is 1. The molecule has 0 radical (unpaired) electrons. The summed E-state index contributed by atoms with van der Waals surface area (Å²) in [6.45, 7) is 3.05. The second-order valence-electron chi connectivity index (χ2n) is 5.71. The predicted octanol–water partition coefficient (Wildman–Crippen LogP) is 3.34. The fraction of sp³-hybridized carbons (Fsp3) is 0.562. The average molecular weight is 425 g/mol. The van der Waals surface area contributed by atoms with Gasteiger partial charge in [0.15, 0.2) is 0 Å². The molecule has 1 aromatic rings. The van der Waals surface area contributed by atoms with Gasteiger partial charge in [-0.05, 0) is 53.0 Å². The van der Waals surface area contributed by atoms with E-state index in [1.54, 1.807) is 0 Å². The highest BCUT2D eigenvalue weighted by Crippen LogP contribution is 2.25. The first-order valence-electron chi connectivity index (χ1n) is 7.75. The number of hydrogen-bond donors (Lipinski definition) is 2. The van der Waals surface area contributed by atoms with Crippen LogP contribution in [0.25, 0.3) is 0 Å². The Kier molecular flexibility index (Phi) is 9.47. The van der Waals surface area contributed by atoms with Gasteiger partial charge in [0.2, 0.25) is 5.91 Å². The molecule has 0 bridgehead atoms. The highest BCUT2D eigenvalue weighted by molar-refractivity contribution is 9.10. The SMILES string of the molecule is Cl.NCCC(=O)NCC1CCCCN1Cc1ccc(Cl)c(Br)c1. The van der Waals surface area contributed by atoms with Crippen molar-refractivity contribution < 1.29 is 4.79 Å². The van der Waals surface area contributed by atoms with E-state index in [0.29, 0.717) is 25.6 Å². The summed E-state index contributed by atoms with van der Waals surface area (Å²) in [6.07, 6.45) is 3.95. The first kappa shape index (κ1) is 20.7. The van der Waals surface area contributed by atoms with Gasteiger partial charge in [-0.3, -0.25) is 9.69 Å². The van der Waals surface area contributed by atoms with E-state index >= 15 is 0 Å². The molecule has 2 rings (SSSR count). The number of nitrogens with two attached hydrogens (primary N) is 1. The van der Waals surface area contributed by atoms with Gasteiger partial charge in [-0.1, -0.05) is 24.1 Å². The van der Waals surface area contributed by atoms with Crippen LogP contribution in [0, 0.1) is 0 Å². The van der Waals surface area contributed by atoms with E-state index in [9.17, 15) is 4.79 Å². The van der Waals surface area contributed by atoms with E-state index in [1.165, 1.54) is 18.4 Å². The van der Waals surface area contributed by atoms with Crippen molar-refractivity contribution in [3.8, 4) is 0 Å². The van der Waals surface area contributed by atoms with Gasteiger partial charge >= 0.3 is 0 Å². The van der Waals surface area contributed by atoms with E-state index in [0.717, 1.165) is 29.0 Å². The Bertz CT molecular complexity index is 516. The van der Waals surface area contributed by atoms with Crippen LogP contribution < -0.4 is 11.1 Å². The third-order valence-electron chi connectivity index (χ3n) is 4.03. The number of carbonyl (C=O) groups excluding carboxylic acids is 1. The molecule has 1 saturated heterocycles.